The Bertz CT molecular complexity index is 741. The molecule has 94 valence electrons. The molecule has 0 saturated carbocycles. The van der Waals surface area contributed by atoms with Crippen molar-refractivity contribution in [1.82, 2.24) is 9.97 Å². The Morgan fingerprint density at radius 2 is 1.53 bits per heavy atom. The summed E-state index contributed by atoms with van der Waals surface area (Å²) in [6.45, 7) is 1.83. The number of phenolic OH excluding ortho intramolecular Hbond substituents is 1. The van der Waals surface area contributed by atoms with Crippen LogP contribution in [-0.4, -0.2) is 15.1 Å². The summed E-state index contributed by atoms with van der Waals surface area (Å²) in [5.74, 6) is 0.854. The van der Waals surface area contributed by atoms with Crippen molar-refractivity contribution in [3.63, 3.8) is 0 Å². The van der Waals surface area contributed by atoms with E-state index in [1.54, 1.807) is 24.3 Å². The molecule has 0 fully saturated rings. The summed E-state index contributed by atoms with van der Waals surface area (Å²) in [5, 5.41) is 9.70. The Morgan fingerprint density at radius 3 is 2.26 bits per heavy atom. The Hall–Kier alpha value is -2.62. The van der Waals surface area contributed by atoms with Crippen LogP contribution in [0.3, 0.4) is 0 Å². The van der Waals surface area contributed by atoms with E-state index in [1.165, 1.54) is 0 Å². The molecule has 19 heavy (non-hydrogen) atoms. The normalized spacial score (nSPS) is 10.6. The minimum atomic E-state index is 0.0804. The highest BCUT2D eigenvalue weighted by Gasteiger charge is 2.09. The van der Waals surface area contributed by atoms with Crippen LogP contribution in [0.25, 0.3) is 11.0 Å². The van der Waals surface area contributed by atoms with Gasteiger partial charge in [-0.3, -0.25) is 0 Å². The first-order chi connectivity index (χ1) is 9.24. The van der Waals surface area contributed by atoms with Crippen molar-refractivity contribution in [2.24, 2.45) is 0 Å². The average Bonchev–Trinajstić information content (AvgIpc) is 2.42. The van der Waals surface area contributed by atoms with Gasteiger partial charge in [0.2, 0.25) is 5.88 Å². The second-order valence-electron chi connectivity index (χ2n) is 4.17. The topological polar surface area (TPSA) is 55.2 Å². The predicted molar refractivity (Wildman–Crippen MR) is 72.5 cm³/mol. The van der Waals surface area contributed by atoms with Gasteiger partial charge in [-0.25, -0.2) is 9.97 Å². The lowest BCUT2D eigenvalue weighted by molar-refractivity contribution is 0.400. The van der Waals surface area contributed by atoms with Crippen LogP contribution in [-0.2, 0) is 0 Å². The molecule has 0 aliphatic heterocycles. The van der Waals surface area contributed by atoms with Crippen molar-refractivity contribution in [3.8, 4) is 17.4 Å². The molecule has 0 spiro atoms. The number of aromatic hydroxyl groups is 1. The highest BCUT2D eigenvalue weighted by molar-refractivity contribution is 5.74. The lowest BCUT2D eigenvalue weighted by Gasteiger charge is -2.09. The molecule has 1 heterocycles. The molecule has 0 amide bonds. The van der Waals surface area contributed by atoms with Crippen molar-refractivity contribution in [2.45, 2.75) is 6.92 Å². The van der Waals surface area contributed by atoms with E-state index in [1.807, 2.05) is 31.2 Å². The number of fused-ring (bicyclic) bond motifs is 1. The molecule has 2 aromatic carbocycles. The van der Waals surface area contributed by atoms with Gasteiger partial charge in [-0.2, -0.15) is 0 Å². The number of hydrogen-bond acceptors (Lipinski definition) is 4. The Labute approximate surface area is 110 Å². The Morgan fingerprint density at radius 1 is 0.895 bits per heavy atom. The molecule has 1 aromatic heterocycles. The number of rotatable bonds is 2. The molecule has 3 aromatic rings. The smallest absolute Gasteiger partial charge is 0.241 e. The Balaban J connectivity index is 2.06. The molecule has 0 atom stereocenters. The third-order valence-electron chi connectivity index (χ3n) is 2.77. The summed E-state index contributed by atoms with van der Waals surface area (Å²) in [4.78, 5) is 8.85. The van der Waals surface area contributed by atoms with Gasteiger partial charge in [-0.15, -0.1) is 0 Å². The third-order valence-corrected chi connectivity index (χ3v) is 2.77. The first-order valence-electron chi connectivity index (χ1n) is 5.93. The summed E-state index contributed by atoms with van der Waals surface area (Å²) >= 11 is 0. The number of aromatic nitrogens is 2. The molecule has 0 aliphatic rings. The van der Waals surface area contributed by atoms with Gasteiger partial charge in [0.25, 0.3) is 0 Å². The molecule has 1 N–H and O–H groups in total. The molecule has 0 aliphatic carbocycles. The van der Waals surface area contributed by atoms with Crippen molar-refractivity contribution >= 4 is 11.0 Å². The molecule has 4 heteroatoms. The van der Waals surface area contributed by atoms with Gasteiger partial charge in [-0.1, -0.05) is 24.3 Å². The van der Waals surface area contributed by atoms with E-state index in [4.69, 9.17) is 4.74 Å². The summed E-state index contributed by atoms with van der Waals surface area (Å²) in [6.07, 6.45) is 0. The summed E-state index contributed by atoms with van der Waals surface area (Å²) in [6, 6.07) is 14.4. The summed E-state index contributed by atoms with van der Waals surface area (Å²) < 4.78 is 5.62. The number of benzene rings is 2. The zero-order valence-electron chi connectivity index (χ0n) is 10.4. The van der Waals surface area contributed by atoms with E-state index in [-0.39, 0.29) is 5.75 Å². The lowest BCUT2D eigenvalue weighted by Crippen LogP contribution is -1.95. The number of phenols is 1. The summed E-state index contributed by atoms with van der Waals surface area (Å²) in [7, 11) is 0. The molecule has 0 radical (unpaired) electrons. The molecule has 3 rings (SSSR count). The van der Waals surface area contributed by atoms with Crippen LogP contribution in [0, 0.1) is 6.92 Å². The number of ether oxygens (including phenoxy) is 1. The standard InChI is InChI=1S/C15H12N2O2/c1-10-15(19-14-9-5-4-8-13(14)18)17-12-7-3-2-6-11(12)16-10/h2-9,18H,1H3. The first-order valence-corrected chi connectivity index (χ1v) is 5.93. The molecule has 4 nitrogen and oxygen atoms in total. The number of aryl methyl sites for hydroxylation is 1. The molecule has 0 unspecified atom stereocenters. The monoisotopic (exact) mass is 252 g/mol. The minimum Gasteiger partial charge on any atom is -0.504 e. The molecular formula is C15H12N2O2. The highest BCUT2D eigenvalue weighted by Crippen LogP contribution is 2.30. The molecule has 0 bridgehead atoms. The van der Waals surface area contributed by atoms with Gasteiger partial charge in [0.05, 0.1) is 11.0 Å². The number of nitrogens with zero attached hydrogens (tertiary/aromatic N) is 2. The second kappa shape index (κ2) is 4.57. The fraction of sp³-hybridized carbons (Fsp3) is 0.0667. The molecular weight excluding hydrogens is 240 g/mol. The maximum absolute atomic E-state index is 9.70. The van der Waals surface area contributed by atoms with Gasteiger partial charge >= 0.3 is 0 Å². The Kier molecular flexibility index (Phi) is 2.76. The summed E-state index contributed by atoms with van der Waals surface area (Å²) in [5.41, 5.74) is 2.27. The van der Waals surface area contributed by atoms with Crippen LogP contribution in [0.1, 0.15) is 5.69 Å². The van der Waals surface area contributed by atoms with Crippen molar-refractivity contribution < 1.29 is 9.84 Å². The van der Waals surface area contributed by atoms with Crippen LogP contribution < -0.4 is 4.74 Å². The predicted octanol–water partition coefficient (Wildman–Crippen LogP) is 3.44. The molecule has 0 saturated heterocycles. The second-order valence-corrected chi connectivity index (χ2v) is 4.17. The zero-order valence-corrected chi connectivity index (χ0v) is 10.4. The lowest BCUT2D eigenvalue weighted by atomic mass is 10.3. The third kappa shape index (κ3) is 2.20. The largest absolute Gasteiger partial charge is 0.504 e. The van der Waals surface area contributed by atoms with E-state index >= 15 is 0 Å². The van der Waals surface area contributed by atoms with E-state index in [2.05, 4.69) is 9.97 Å². The number of hydrogen-bond donors (Lipinski definition) is 1. The van der Waals surface area contributed by atoms with E-state index in [9.17, 15) is 5.11 Å². The van der Waals surface area contributed by atoms with Gasteiger partial charge in [0, 0.05) is 0 Å². The quantitative estimate of drug-likeness (QED) is 0.759. The van der Waals surface area contributed by atoms with Crippen LogP contribution in [0.5, 0.6) is 17.4 Å². The maximum atomic E-state index is 9.70. The van der Waals surface area contributed by atoms with Crippen LogP contribution in [0.2, 0.25) is 0 Å². The average molecular weight is 252 g/mol. The fourth-order valence-electron chi connectivity index (χ4n) is 1.82. The minimum absolute atomic E-state index is 0.0804. The van der Waals surface area contributed by atoms with Crippen LogP contribution in [0.4, 0.5) is 0 Å². The van der Waals surface area contributed by atoms with Gasteiger partial charge in [0.15, 0.2) is 11.5 Å². The van der Waals surface area contributed by atoms with Gasteiger partial charge in [0.1, 0.15) is 5.69 Å². The van der Waals surface area contributed by atoms with Crippen molar-refractivity contribution in [1.29, 1.82) is 0 Å². The van der Waals surface area contributed by atoms with Gasteiger partial charge < -0.3 is 9.84 Å². The van der Waals surface area contributed by atoms with Crippen LogP contribution in [0.15, 0.2) is 48.5 Å². The SMILES string of the molecule is Cc1nc2ccccc2nc1Oc1ccccc1O. The first kappa shape index (κ1) is 11.5. The fourth-order valence-corrected chi connectivity index (χ4v) is 1.82. The van der Waals surface area contributed by atoms with E-state index < -0.39 is 0 Å². The number of para-hydroxylation sites is 4. The van der Waals surface area contributed by atoms with E-state index in [0.717, 1.165) is 11.0 Å². The van der Waals surface area contributed by atoms with Crippen molar-refractivity contribution in [2.75, 3.05) is 0 Å². The van der Waals surface area contributed by atoms with Crippen molar-refractivity contribution in [3.05, 3.63) is 54.2 Å². The van der Waals surface area contributed by atoms with Crippen LogP contribution >= 0.6 is 0 Å². The van der Waals surface area contributed by atoms with Gasteiger partial charge in [-0.05, 0) is 31.2 Å². The van der Waals surface area contributed by atoms with E-state index in [0.29, 0.717) is 17.3 Å². The zero-order chi connectivity index (χ0) is 13.2. The highest BCUT2D eigenvalue weighted by atomic mass is 16.5. The maximum Gasteiger partial charge on any atom is 0.241 e.